The molecule has 23 heavy (non-hydrogen) atoms. The Balaban J connectivity index is 1.84. The molecule has 0 radical (unpaired) electrons. The van der Waals surface area contributed by atoms with Crippen molar-refractivity contribution >= 4 is 17.2 Å². The van der Waals surface area contributed by atoms with E-state index in [1.165, 1.54) is 11.3 Å². The summed E-state index contributed by atoms with van der Waals surface area (Å²) in [6.45, 7) is 4.46. The van der Waals surface area contributed by atoms with Crippen molar-refractivity contribution in [2.45, 2.75) is 32.3 Å². The molecule has 0 bridgehead atoms. The zero-order chi connectivity index (χ0) is 16.7. The van der Waals surface area contributed by atoms with Gasteiger partial charge in [0.05, 0.1) is 13.2 Å². The Morgan fingerprint density at radius 2 is 2.09 bits per heavy atom. The normalized spacial score (nSPS) is 13.3. The number of benzene rings is 1. The molecule has 0 fully saturated rings. The fraction of sp³-hybridized carbons (Fsp3) is 0.389. The average molecular weight is 333 g/mol. The van der Waals surface area contributed by atoms with Crippen LogP contribution in [0.2, 0.25) is 0 Å². The van der Waals surface area contributed by atoms with Gasteiger partial charge >= 0.3 is 0 Å². The highest BCUT2D eigenvalue weighted by Gasteiger charge is 2.24. The quantitative estimate of drug-likeness (QED) is 0.780. The van der Waals surface area contributed by atoms with Gasteiger partial charge in [-0.25, -0.2) is 0 Å². The molecule has 4 nitrogen and oxygen atoms in total. The minimum absolute atomic E-state index is 0.0758. The third kappa shape index (κ3) is 5.08. The summed E-state index contributed by atoms with van der Waals surface area (Å²) in [6.07, 6.45) is 0.980. The molecule has 1 heterocycles. The van der Waals surface area contributed by atoms with Crippen LogP contribution >= 0.6 is 11.3 Å². The van der Waals surface area contributed by atoms with E-state index in [1.54, 1.807) is 6.92 Å². The van der Waals surface area contributed by atoms with E-state index in [9.17, 15) is 9.90 Å². The second kappa shape index (κ2) is 8.13. The van der Waals surface area contributed by atoms with Crippen LogP contribution in [0.5, 0.6) is 5.75 Å². The number of carbonyl (C=O) groups is 1. The van der Waals surface area contributed by atoms with Crippen LogP contribution in [-0.4, -0.2) is 24.2 Å². The van der Waals surface area contributed by atoms with Crippen LogP contribution < -0.4 is 10.1 Å². The lowest BCUT2D eigenvalue weighted by Crippen LogP contribution is -2.38. The first-order valence-electron chi connectivity index (χ1n) is 7.76. The van der Waals surface area contributed by atoms with Crippen LogP contribution in [0.1, 0.15) is 30.7 Å². The third-order valence-corrected chi connectivity index (χ3v) is 4.70. The van der Waals surface area contributed by atoms with Gasteiger partial charge in [-0.05, 0) is 43.3 Å². The summed E-state index contributed by atoms with van der Waals surface area (Å²) in [7, 11) is 0. The monoisotopic (exact) mass is 333 g/mol. The Morgan fingerprint density at radius 3 is 2.78 bits per heavy atom. The van der Waals surface area contributed by atoms with E-state index >= 15 is 0 Å². The first-order valence-corrected chi connectivity index (χ1v) is 8.64. The largest absolute Gasteiger partial charge is 0.494 e. The summed E-state index contributed by atoms with van der Waals surface area (Å²) in [5.41, 5.74) is -0.0120. The summed E-state index contributed by atoms with van der Waals surface area (Å²) >= 11 is 1.48. The number of nitrogens with one attached hydrogen (secondary N) is 1. The van der Waals surface area contributed by atoms with Gasteiger partial charge in [-0.15, -0.1) is 11.3 Å². The van der Waals surface area contributed by atoms with E-state index in [4.69, 9.17) is 4.74 Å². The molecule has 0 saturated heterocycles. The van der Waals surface area contributed by atoms with E-state index in [0.717, 1.165) is 16.2 Å². The van der Waals surface area contributed by atoms with Crippen molar-refractivity contribution in [3.8, 4) is 5.75 Å². The molecule has 0 aliphatic carbocycles. The molecule has 0 saturated carbocycles. The van der Waals surface area contributed by atoms with E-state index in [-0.39, 0.29) is 12.5 Å². The van der Waals surface area contributed by atoms with Gasteiger partial charge in [0.1, 0.15) is 11.4 Å². The standard InChI is InChI=1S/C18H23NO3S/c1-3-22-15-8-5-4-7-14(15)10-11-17(20)19-13-18(2,21)16-9-6-12-23-16/h4-9,12,21H,3,10-11,13H2,1-2H3,(H,19,20). The zero-order valence-corrected chi connectivity index (χ0v) is 14.4. The Hall–Kier alpha value is -1.85. The van der Waals surface area contributed by atoms with E-state index in [1.807, 2.05) is 48.7 Å². The molecular formula is C18H23NO3S. The van der Waals surface area contributed by atoms with Crippen LogP contribution in [0, 0.1) is 0 Å². The van der Waals surface area contributed by atoms with Crippen molar-refractivity contribution in [3.63, 3.8) is 0 Å². The van der Waals surface area contributed by atoms with Crippen molar-refractivity contribution in [2.24, 2.45) is 0 Å². The fourth-order valence-corrected chi connectivity index (χ4v) is 3.07. The van der Waals surface area contributed by atoms with Gasteiger partial charge in [0.2, 0.25) is 5.91 Å². The molecule has 5 heteroatoms. The number of ether oxygens (including phenoxy) is 1. The van der Waals surface area contributed by atoms with Gasteiger partial charge in [-0.2, -0.15) is 0 Å². The lowest BCUT2D eigenvalue weighted by molar-refractivity contribution is -0.122. The molecule has 1 aromatic carbocycles. The van der Waals surface area contributed by atoms with Crippen molar-refractivity contribution in [1.82, 2.24) is 5.32 Å². The third-order valence-electron chi connectivity index (χ3n) is 3.58. The first kappa shape index (κ1) is 17.5. The number of hydrogen-bond donors (Lipinski definition) is 2. The number of rotatable bonds is 8. The zero-order valence-electron chi connectivity index (χ0n) is 13.5. The molecule has 124 valence electrons. The Kier molecular flexibility index (Phi) is 6.19. The second-order valence-corrected chi connectivity index (χ2v) is 6.52. The van der Waals surface area contributed by atoms with E-state index in [0.29, 0.717) is 19.4 Å². The van der Waals surface area contributed by atoms with Crippen molar-refractivity contribution in [3.05, 3.63) is 52.2 Å². The summed E-state index contributed by atoms with van der Waals surface area (Å²) in [4.78, 5) is 12.9. The number of para-hydroxylation sites is 1. The maximum atomic E-state index is 12.0. The van der Waals surface area contributed by atoms with Gasteiger partial charge in [-0.3, -0.25) is 4.79 Å². The molecule has 2 aromatic rings. The van der Waals surface area contributed by atoms with E-state index in [2.05, 4.69) is 5.32 Å². The molecule has 1 atom stereocenters. The number of aryl methyl sites for hydroxylation is 1. The molecule has 2 N–H and O–H groups in total. The first-order chi connectivity index (χ1) is 11.0. The maximum absolute atomic E-state index is 12.0. The maximum Gasteiger partial charge on any atom is 0.220 e. The lowest BCUT2D eigenvalue weighted by atomic mass is 10.0. The minimum Gasteiger partial charge on any atom is -0.494 e. The Morgan fingerprint density at radius 1 is 1.30 bits per heavy atom. The van der Waals surface area contributed by atoms with E-state index < -0.39 is 5.60 Å². The summed E-state index contributed by atoms with van der Waals surface area (Å²) in [6, 6.07) is 11.5. The molecular weight excluding hydrogens is 310 g/mol. The summed E-state index contributed by atoms with van der Waals surface area (Å²) in [5, 5.41) is 15.1. The molecule has 1 unspecified atom stereocenters. The topological polar surface area (TPSA) is 58.6 Å². The SMILES string of the molecule is CCOc1ccccc1CCC(=O)NCC(C)(O)c1cccs1. The molecule has 0 aliphatic heterocycles. The van der Waals surface area contributed by atoms with Gasteiger partial charge in [0.15, 0.2) is 0 Å². The lowest BCUT2D eigenvalue weighted by Gasteiger charge is -2.22. The van der Waals surface area contributed by atoms with Crippen LogP contribution in [0.3, 0.4) is 0 Å². The highest BCUT2D eigenvalue weighted by atomic mass is 32.1. The van der Waals surface area contributed by atoms with Gasteiger partial charge in [0, 0.05) is 11.3 Å². The van der Waals surface area contributed by atoms with Crippen LogP contribution in [0.15, 0.2) is 41.8 Å². The van der Waals surface area contributed by atoms with Gasteiger partial charge < -0.3 is 15.2 Å². The Bertz CT molecular complexity index is 623. The summed E-state index contributed by atoms with van der Waals surface area (Å²) < 4.78 is 5.56. The van der Waals surface area contributed by atoms with Gasteiger partial charge in [-0.1, -0.05) is 24.3 Å². The fourth-order valence-electron chi connectivity index (χ4n) is 2.29. The molecule has 2 rings (SSSR count). The number of carbonyl (C=O) groups excluding carboxylic acids is 1. The number of hydrogen-bond acceptors (Lipinski definition) is 4. The Labute approximate surface area is 141 Å². The molecule has 1 amide bonds. The van der Waals surface area contributed by atoms with Crippen LogP contribution in [0.25, 0.3) is 0 Å². The minimum atomic E-state index is -1.03. The molecule has 0 aliphatic rings. The number of aliphatic hydroxyl groups is 1. The molecule has 0 spiro atoms. The predicted molar refractivity (Wildman–Crippen MR) is 92.8 cm³/mol. The van der Waals surface area contributed by atoms with Crippen LogP contribution in [0.4, 0.5) is 0 Å². The van der Waals surface area contributed by atoms with Crippen molar-refractivity contribution in [1.29, 1.82) is 0 Å². The van der Waals surface area contributed by atoms with Crippen LogP contribution in [-0.2, 0) is 16.8 Å². The van der Waals surface area contributed by atoms with Crippen molar-refractivity contribution in [2.75, 3.05) is 13.2 Å². The molecule has 1 aromatic heterocycles. The average Bonchev–Trinajstić information content (AvgIpc) is 3.08. The predicted octanol–water partition coefficient (Wildman–Crippen LogP) is 3.10. The highest BCUT2D eigenvalue weighted by molar-refractivity contribution is 7.10. The van der Waals surface area contributed by atoms with Crippen molar-refractivity contribution < 1.29 is 14.6 Å². The smallest absolute Gasteiger partial charge is 0.220 e. The number of thiophene rings is 1. The number of amides is 1. The second-order valence-electron chi connectivity index (χ2n) is 5.57. The van der Waals surface area contributed by atoms with Gasteiger partial charge in [0.25, 0.3) is 0 Å². The summed E-state index contributed by atoms with van der Waals surface area (Å²) in [5.74, 6) is 0.751. The highest BCUT2D eigenvalue weighted by Crippen LogP contribution is 2.24.